The number of nitrogens with zero attached hydrogens (tertiary/aromatic N) is 2. The minimum absolute atomic E-state index is 0.102. The Hall–Kier alpha value is -3.19. The van der Waals surface area contributed by atoms with Crippen LogP contribution in [0.15, 0.2) is 48.5 Å². The summed E-state index contributed by atoms with van der Waals surface area (Å²) in [4.78, 5) is 14.7. The maximum absolute atomic E-state index is 13.0. The van der Waals surface area contributed by atoms with Crippen molar-refractivity contribution in [3.63, 3.8) is 0 Å². The van der Waals surface area contributed by atoms with Crippen molar-refractivity contribution in [2.45, 2.75) is 32.8 Å². The maximum Gasteiger partial charge on any atom is 0.227 e. The van der Waals surface area contributed by atoms with Gasteiger partial charge in [-0.1, -0.05) is 18.2 Å². The van der Waals surface area contributed by atoms with Crippen molar-refractivity contribution in [2.75, 3.05) is 26.3 Å². The third-order valence-corrected chi connectivity index (χ3v) is 5.78. The molecule has 7 heteroatoms. The van der Waals surface area contributed by atoms with Gasteiger partial charge in [0, 0.05) is 18.7 Å². The number of carbonyl (C=O) groups is 1. The molecule has 1 atom stereocenters. The Balaban J connectivity index is 1.30. The van der Waals surface area contributed by atoms with E-state index in [1.54, 1.807) is 12.1 Å². The van der Waals surface area contributed by atoms with Crippen LogP contribution in [0.3, 0.4) is 0 Å². The number of nitrogens with one attached hydrogen (secondary N) is 1. The lowest BCUT2D eigenvalue weighted by Crippen LogP contribution is -2.43. The van der Waals surface area contributed by atoms with E-state index in [0.717, 1.165) is 17.0 Å². The number of aryl methyl sites for hydroxylation is 2. The molecule has 0 spiro atoms. The first-order chi connectivity index (χ1) is 15.5. The number of H-pyrrole nitrogens is 1. The molecule has 1 saturated heterocycles. The Morgan fingerprint density at radius 2 is 2.00 bits per heavy atom. The zero-order chi connectivity index (χ0) is 22.5. The van der Waals surface area contributed by atoms with Gasteiger partial charge in [-0.15, -0.1) is 0 Å². The van der Waals surface area contributed by atoms with Crippen LogP contribution in [0.4, 0.5) is 4.39 Å². The molecule has 1 N–H and O–H groups in total. The van der Waals surface area contributed by atoms with Crippen LogP contribution in [-0.4, -0.2) is 47.3 Å². The van der Waals surface area contributed by atoms with Gasteiger partial charge >= 0.3 is 0 Å². The van der Waals surface area contributed by atoms with E-state index in [4.69, 9.17) is 9.47 Å². The summed E-state index contributed by atoms with van der Waals surface area (Å²) in [5, 5.41) is 7.40. The predicted octanol–water partition coefficient (Wildman–Crippen LogP) is 3.93. The number of carbonyl (C=O) groups excluding carboxylic acids is 1. The van der Waals surface area contributed by atoms with E-state index in [2.05, 4.69) is 36.2 Å². The lowest BCUT2D eigenvalue weighted by molar-refractivity contribution is -0.138. The van der Waals surface area contributed by atoms with Gasteiger partial charge in [-0.2, -0.15) is 5.10 Å². The summed E-state index contributed by atoms with van der Waals surface area (Å²) in [6, 6.07) is 14.1. The molecule has 0 radical (unpaired) electrons. The van der Waals surface area contributed by atoms with E-state index < -0.39 is 0 Å². The lowest BCUT2D eigenvalue weighted by atomic mass is 10.0. The fourth-order valence-electron chi connectivity index (χ4n) is 3.74. The van der Waals surface area contributed by atoms with E-state index in [1.165, 1.54) is 23.3 Å². The van der Waals surface area contributed by atoms with Gasteiger partial charge in [-0.3, -0.25) is 9.89 Å². The second-order valence-corrected chi connectivity index (χ2v) is 8.17. The average Bonchev–Trinajstić information content (AvgIpc) is 3.27. The van der Waals surface area contributed by atoms with Gasteiger partial charge in [-0.05, 0) is 60.9 Å². The van der Waals surface area contributed by atoms with Crippen molar-refractivity contribution in [3.8, 4) is 5.75 Å². The Kier molecular flexibility index (Phi) is 6.85. The van der Waals surface area contributed by atoms with Gasteiger partial charge in [-0.25, -0.2) is 4.39 Å². The molecule has 2 heterocycles. The normalized spacial score (nSPS) is 16.2. The molecule has 1 aliphatic heterocycles. The number of amides is 1. The molecular formula is C25H28FN3O3. The minimum atomic E-state index is -0.287. The Bertz CT molecular complexity index is 1060. The van der Waals surface area contributed by atoms with E-state index >= 15 is 0 Å². The average molecular weight is 438 g/mol. The second kappa shape index (κ2) is 9.96. The molecule has 1 amide bonds. The Morgan fingerprint density at radius 1 is 1.19 bits per heavy atom. The van der Waals surface area contributed by atoms with Gasteiger partial charge in [0.15, 0.2) is 0 Å². The third kappa shape index (κ3) is 5.53. The molecule has 2 aromatic carbocycles. The largest absolute Gasteiger partial charge is 0.493 e. The van der Waals surface area contributed by atoms with E-state index in [1.807, 2.05) is 17.0 Å². The number of rotatable bonds is 7. The zero-order valence-electron chi connectivity index (χ0n) is 18.4. The van der Waals surface area contributed by atoms with Crippen LogP contribution in [0.25, 0.3) is 0 Å². The van der Waals surface area contributed by atoms with E-state index in [9.17, 15) is 9.18 Å². The molecule has 0 unspecified atom stereocenters. The van der Waals surface area contributed by atoms with Gasteiger partial charge < -0.3 is 14.4 Å². The lowest BCUT2D eigenvalue weighted by Gasteiger charge is -2.32. The van der Waals surface area contributed by atoms with Gasteiger partial charge in [0.1, 0.15) is 17.7 Å². The highest BCUT2D eigenvalue weighted by molar-refractivity contribution is 5.79. The second-order valence-electron chi connectivity index (χ2n) is 8.17. The third-order valence-electron chi connectivity index (χ3n) is 5.78. The molecule has 1 aromatic heterocycles. The number of morpholine rings is 1. The smallest absolute Gasteiger partial charge is 0.227 e. The van der Waals surface area contributed by atoms with Crippen LogP contribution in [0.5, 0.6) is 5.75 Å². The van der Waals surface area contributed by atoms with Crippen LogP contribution < -0.4 is 4.74 Å². The highest BCUT2D eigenvalue weighted by Gasteiger charge is 2.27. The van der Waals surface area contributed by atoms with E-state index in [0.29, 0.717) is 44.9 Å². The molecule has 1 aliphatic rings. The summed E-state index contributed by atoms with van der Waals surface area (Å²) in [6.45, 7) is 6.14. The van der Waals surface area contributed by atoms with Crippen LogP contribution in [0, 0.1) is 19.7 Å². The molecule has 0 aliphatic carbocycles. The molecule has 0 bridgehead atoms. The number of halogens is 1. The Labute approximate surface area is 187 Å². The molecule has 32 heavy (non-hydrogen) atoms. The minimum Gasteiger partial charge on any atom is -0.493 e. The van der Waals surface area contributed by atoms with Crippen molar-refractivity contribution in [1.82, 2.24) is 15.1 Å². The SMILES string of the molecule is Cc1ccc(CC(=O)N2CCO[C@H](c3cc(CCOc4ccc(F)cc4)[nH]n3)C2)cc1C. The summed E-state index contributed by atoms with van der Waals surface area (Å²) in [6.07, 6.45) is 0.767. The zero-order valence-corrected chi connectivity index (χ0v) is 18.4. The number of benzene rings is 2. The number of hydrogen-bond donors (Lipinski definition) is 1. The fourth-order valence-corrected chi connectivity index (χ4v) is 3.74. The summed E-state index contributed by atoms with van der Waals surface area (Å²) in [5.41, 5.74) is 5.16. The molecular weight excluding hydrogens is 409 g/mol. The summed E-state index contributed by atoms with van der Waals surface area (Å²) < 4.78 is 24.5. The molecule has 3 aromatic rings. The molecule has 0 saturated carbocycles. The fraction of sp³-hybridized carbons (Fsp3) is 0.360. The molecule has 168 valence electrons. The first kappa shape index (κ1) is 22.0. The molecule has 1 fully saturated rings. The maximum atomic E-state index is 13.0. The van der Waals surface area contributed by atoms with Gasteiger partial charge in [0.05, 0.1) is 31.9 Å². The van der Waals surface area contributed by atoms with Crippen LogP contribution in [0.1, 0.15) is 34.2 Å². The monoisotopic (exact) mass is 437 g/mol. The quantitative estimate of drug-likeness (QED) is 0.608. The van der Waals surface area contributed by atoms with Crippen molar-refractivity contribution in [2.24, 2.45) is 0 Å². The molecule has 6 nitrogen and oxygen atoms in total. The van der Waals surface area contributed by atoms with Crippen LogP contribution in [0.2, 0.25) is 0 Å². The number of hydrogen-bond acceptors (Lipinski definition) is 4. The molecule has 4 rings (SSSR count). The van der Waals surface area contributed by atoms with Gasteiger partial charge in [0.25, 0.3) is 0 Å². The van der Waals surface area contributed by atoms with Crippen molar-refractivity contribution in [1.29, 1.82) is 0 Å². The predicted molar refractivity (Wildman–Crippen MR) is 119 cm³/mol. The van der Waals surface area contributed by atoms with Crippen molar-refractivity contribution in [3.05, 3.63) is 82.4 Å². The number of ether oxygens (including phenoxy) is 2. The van der Waals surface area contributed by atoms with Crippen LogP contribution >= 0.6 is 0 Å². The topological polar surface area (TPSA) is 67.5 Å². The Morgan fingerprint density at radius 3 is 2.78 bits per heavy atom. The van der Waals surface area contributed by atoms with Crippen LogP contribution in [-0.2, 0) is 22.4 Å². The summed E-state index contributed by atoms with van der Waals surface area (Å²) >= 11 is 0. The van der Waals surface area contributed by atoms with E-state index in [-0.39, 0.29) is 17.8 Å². The highest BCUT2D eigenvalue weighted by Crippen LogP contribution is 2.22. The number of aromatic amines is 1. The summed E-state index contributed by atoms with van der Waals surface area (Å²) in [5.74, 6) is 0.439. The standard InChI is InChI=1S/C25H28FN3O3/c1-17-3-4-19(13-18(17)2)14-25(30)29-10-12-32-24(16-29)23-15-21(27-28-23)9-11-31-22-7-5-20(26)6-8-22/h3-8,13,15,24H,9-12,14,16H2,1-2H3,(H,27,28)/t24-/m0/s1. The summed E-state index contributed by atoms with van der Waals surface area (Å²) in [7, 11) is 0. The first-order valence-electron chi connectivity index (χ1n) is 10.9. The number of aromatic nitrogens is 2. The van der Waals surface area contributed by atoms with Crippen molar-refractivity contribution < 1.29 is 18.7 Å². The van der Waals surface area contributed by atoms with Crippen molar-refractivity contribution >= 4 is 5.91 Å². The highest BCUT2D eigenvalue weighted by atomic mass is 19.1. The van der Waals surface area contributed by atoms with Gasteiger partial charge in [0.2, 0.25) is 5.91 Å². The first-order valence-corrected chi connectivity index (χ1v) is 10.9.